The Hall–Kier alpha value is -1.90. The molecule has 1 aromatic carbocycles. The molecule has 1 aromatic rings. The van der Waals surface area contributed by atoms with Gasteiger partial charge in [0.25, 0.3) is 0 Å². The molecule has 3 nitrogen and oxygen atoms in total. The van der Waals surface area contributed by atoms with Gasteiger partial charge in [-0.1, -0.05) is 38.1 Å². The van der Waals surface area contributed by atoms with Crippen molar-refractivity contribution in [1.29, 1.82) is 0 Å². The van der Waals surface area contributed by atoms with E-state index in [2.05, 4.69) is 36.9 Å². The number of hydrogen-bond donors (Lipinski definition) is 0. The van der Waals surface area contributed by atoms with Crippen molar-refractivity contribution in [2.24, 2.45) is 5.41 Å². The Morgan fingerprint density at radius 1 is 1.09 bits per heavy atom. The zero-order valence-electron chi connectivity index (χ0n) is 13.2. The fraction of sp³-hybridized carbons (Fsp3) is 0.474. The van der Waals surface area contributed by atoms with Crippen LogP contribution in [0.2, 0.25) is 0 Å². The van der Waals surface area contributed by atoms with E-state index in [-0.39, 0.29) is 23.0 Å². The number of nitrogens with zero attached hydrogens (tertiary/aromatic N) is 1. The summed E-state index contributed by atoms with van der Waals surface area (Å²) < 4.78 is 0. The maximum Gasteiger partial charge on any atom is 0.170 e. The van der Waals surface area contributed by atoms with Gasteiger partial charge in [0.15, 0.2) is 11.6 Å². The Balaban J connectivity index is 1.83. The second-order valence-electron chi connectivity index (χ2n) is 7.55. The van der Waals surface area contributed by atoms with Crippen LogP contribution in [0, 0.1) is 5.41 Å². The first-order valence-corrected chi connectivity index (χ1v) is 8.10. The van der Waals surface area contributed by atoms with Crippen LogP contribution in [0.4, 0.5) is 0 Å². The van der Waals surface area contributed by atoms with Crippen LogP contribution in [0.3, 0.4) is 0 Å². The highest BCUT2D eigenvalue weighted by atomic mass is 16.1. The van der Waals surface area contributed by atoms with Crippen molar-refractivity contribution in [2.75, 3.05) is 6.54 Å². The molecule has 1 aliphatic carbocycles. The minimum absolute atomic E-state index is 0.0466. The number of rotatable bonds is 0. The Morgan fingerprint density at radius 3 is 2.68 bits per heavy atom. The van der Waals surface area contributed by atoms with Crippen LogP contribution < -0.4 is 0 Å². The molecule has 0 N–H and O–H groups in total. The van der Waals surface area contributed by atoms with Gasteiger partial charge in [-0.3, -0.25) is 9.59 Å². The van der Waals surface area contributed by atoms with Gasteiger partial charge in [0.2, 0.25) is 0 Å². The normalized spacial score (nSPS) is 26.5. The Labute approximate surface area is 131 Å². The lowest BCUT2D eigenvalue weighted by atomic mass is 9.71. The highest BCUT2D eigenvalue weighted by Crippen LogP contribution is 2.47. The van der Waals surface area contributed by atoms with Crippen molar-refractivity contribution in [3.8, 4) is 0 Å². The third kappa shape index (κ3) is 1.95. The lowest BCUT2D eigenvalue weighted by Crippen LogP contribution is -2.45. The topological polar surface area (TPSA) is 37.4 Å². The van der Waals surface area contributed by atoms with Gasteiger partial charge in [-0.25, -0.2) is 0 Å². The van der Waals surface area contributed by atoms with E-state index in [4.69, 9.17) is 0 Å². The fourth-order valence-electron chi connectivity index (χ4n) is 4.32. The number of benzene rings is 1. The summed E-state index contributed by atoms with van der Waals surface area (Å²) in [5.41, 5.74) is 4.09. The smallest absolute Gasteiger partial charge is 0.170 e. The number of fused-ring (bicyclic) bond motifs is 4. The third-order valence-corrected chi connectivity index (χ3v) is 5.27. The molecule has 3 heteroatoms. The van der Waals surface area contributed by atoms with Crippen molar-refractivity contribution in [2.45, 2.75) is 45.6 Å². The summed E-state index contributed by atoms with van der Waals surface area (Å²) in [6.07, 6.45) is 2.76. The van der Waals surface area contributed by atoms with Gasteiger partial charge in [-0.05, 0) is 29.4 Å². The summed E-state index contributed by atoms with van der Waals surface area (Å²) in [5.74, 6) is 0.0991. The maximum absolute atomic E-state index is 12.6. The first-order chi connectivity index (χ1) is 10.5. The number of ketones is 2. The zero-order chi connectivity index (χ0) is 15.5. The van der Waals surface area contributed by atoms with Crippen LogP contribution >= 0.6 is 0 Å². The molecule has 2 aliphatic heterocycles. The van der Waals surface area contributed by atoms with Crippen LogP contribution in [-0.4, -0.2) is 23.0 Å². The molecule has 22 heavy (non-hydrogen) atoms. The van der Waals surface area contributed by atoms with E-state index in [1.807, 2.05) is 6.07 Å². The fourth-order valence-corrected chi connectivity index (χ4v) is 4.32. The van der Waals surface area contributed by atoms with Crippen molar-refractivity contribution < 1.29 is 9.59 Å². The number of carbonyl (C=O) groups is 2. The second-order valence-corrected chi connectivity index (χ2v) is 7.55. The third-order valence-electron chi connectivity index (χ3n) is 5.27. The molecule has 2 heterocycles. The Bertz CT molecular complexity index is 714. The Morgan fingerprint density at radius 2 is 1.86 bits per heavy atom. The van der Waals surface area contributed by atoms with Gasteiger partial charge >= 0.3 is 0 Å². The molecular formula is C19H21NO2. The van der Waals surface area contributed by atoms with E-state index < -0.39 is 0 Å². The predicted molar refractivity (Wildman–Crippen MR) is 84.3 cm³/mol. The second kappa shape index (κ2) is 4.55. The highest BCUT2D eigenvalue weighted by molar-refractivity contribution is 6.22. The van der Waals surface area contributed by atoms with Crippen LogP contribution in [0.15, 0.2) is 35.5 Å². The van der Waals surface area contributed by atoms with E-state index in [0.717, 1.165) is 25.1 Å². The summed E-state index contributed by atoms with van der Waals surface area (Å²) in [7, 11) is 0. The molecule has 0 saturated heterocycles. The van der Waals surface area contributed by atoms with Crippen molar-refractivity contribution in [3.05, 3.63) is 46.7 Å². The van der Waals surface area contributed by atoms with Gasteiger partial charge in [-0.2, -0.15) is 0 Å². The van der Waals surface area contributed by atoms with Gasteiger partial charge in [-0.15, -0.1) is 0 Å². The van der Waals surface area contributed by atoms with Crippen LogP contribution in [0.1, 0.15) is 50.3 Å². The molecule has 0 spiro atoms. The average molecular weight is 295 g/mol. The van der Waals surface area contributed by atoms with Gasteiger partial charge in [0.05, 0.1) is 11.6 Å². The van der Waals surface area contributed by atoms with E-state index in [1.165, 1.54) is 11.1 Å². The minimum atomic E-state index is -0.0466. The highest BCUT2D eigenvalue weighted by Gasteiger charge is 2.44. The number of Topliss-reactive ketones (excluding diaryl/α,β-unsaturated/α-hetero) is 2. The van der Waals surface area contributed by atoms with Crippen molar-refractivity contribution in [3.63, 3.8) is 0 Å². The molecule has 0 amide bonds. The van der Waals surface area contributed by atoms with Gasteiger partial charge < -0.3 is 4.90 Å². The molecule has 1 atom stereocenters. The van der Waals surface area contributed by atoms with Gasteiger partial charge in [0, 0.05) is 25.1 Å². The summed E-state index contributed by atoms with van der Waals surface area (Å²) >= 11 is 0. The molecule has 4 rings (SSSR count). The first-order valence-electron chi connectivity index (χ1n) is 8.10. The average Bonchev–Trinajstić information content (AvgIpc) is 2.45. The molecule has 0 aromatic heterocycles. The van der Waals surface area contributed by atoms with Crippen LogP contribution in [0.25, 0.3) is 0 Å². The number of carbonyl (C=O) groups excluding carboxylic acids is 2. The summed E-state index contributed by atoms with van der Waals surface area (Å²) in [6.45, 7) is 5.17. The van der Waals surface area contributed by atoms with E-state index >= 15 is 0 Å². The minimum Gasteiger partial charge on any atom is -0.366 e. The first kappa shape index (κ1) is 13.7. The lowest BCUT2D eigenvalue weighted by molar-refractivity contribution is -0.125. The molecule has 3 aliphatic rings. The maximum atomic E-state index is 12.6. The monoisotopic (exact) mass is 295 g/mol. The number of hydrogen-bond acceptors (Lipinski definition) is 3. The SMILES string of the molecule is CC1(C)CC(=O)C2=C(C1)N1CCc3ccccc3[C@@H]1CC2=O. The van der Waals surface area contributed by atoms with Gasteiger partial charge in [0.1, 0.15) is 0 Å². The largest absolute Gasteiger partial charge is 0.366 e. The van der Waals surface area contributed by atoms with Crippen molar-refractivity contribution >= 4 is 11.6 Å². The zero-order valence-corrected chi connectivity index (χ0v) is 13.2. The summed E-state index contributed by atoms with van der Waals surface area (Å²) in [6, 6.07) is 8.54. The summed E-state index contributed by atoms with van der Waals surface area (Å²) in [5, 5.41) is 0. The quantitative estimate of drug-likeness (QED) is 0.690. The molecule has 0 fully saturated rings. The van der Waals surface area contributed by atoms with E-state index in [1.54, 1.807) is 0 Å². The molecular weight excluding hydrogens is 274 g/mol. The Kier molecular flexibility index (Phi) is 2.84. The molecule has 0 bridgehead atoms. The van der Waals surface area contributed by atoms with E-state index in [0.29, 0.717) is 18.4 Å². The number of allylic oxidation sites excluding steroid dienone is 2. The lowest BCUT2D eigenvalue weighted by Gasteiger charge is -2.47. The van der Waals surface area contributed by atoms with Crippen LogP contribution in [-0.2, 0) is 16.0 Å². The molecule has 0 unspecified atom stereocenters. The molecule has 0 radical (unpaired) electrons. The summed E-state index contributed by atoms with van der Waals surface area (Å²) in [4.78, 5) is 27.4. The molecule has 114 valence electrons. The molecule has 0 saturated carbocycles. The van der Waals surface area contributed by atoms with Crippen molar-refractivity contribution in [1.82, 2.24) is 4.90 Å². The standard InChI is InChI=1S/C19H21NO2/c1-19(2)10-15-18(17(22)11-19)16(21)9-14-13-6-4-3-5-12(13)7-8-20(14)15/h3-6,14H,7-11H2,1-2H3/t14-/m0/s1. The predicted octanol–water partition coefficient (Wildman–Crippen LogP) is 3.20. The van der Waals surface area contributed by atoms with Crippen LogP contribution in [0.5, 0.6) is 0 Å². The van der Waals surface area contributed by atoms with E-state index in [9.17, 15) is 9.59 Å².